The number of nitrogens with zero attached hydrogens (tertiary/aromatic N) is 1. The lowest BCUT2D eigenvalue weighted by atomic mass is 9.93. The van der Waals surface area contributed by atoms with Gasteiger partial charge in [0.05, 0.1) is 6.42 Å². The van der Waals surface area contributed by atoms with Crippen molar-refractivity contribution in [2.24, 2.45) is 5.92 Å². The van der Waals surface area contributed by atoms with Gasteiger partial charge in [0.1, 0.15) is 0 Å². The number of aryl methyl sites for hydroxylation is 2. The fourth-order valence-corrected chi connectivity index (χ4v) is 3.88. The average Bonchev–Trinajstić information content (AvgIpc) is 3.01. The van der Waals surface area contributed by atoms with Crippen LogP contribution < -0.4 is 0 Å². The van der Waals surface area contributed by atoms with E-state index in [1.54, 1.807) is 0 Å². The number of aliphatic carboxylic acids is 1. The summed E-state index contributed by atoms with van der Waals surface area (Å²) in [6.45, 7) is 1.53. The number of piperidine rings is 1. The Balaban J connectivity index is 1.56. The molecular formula is C19H25NO3. The predicted molar refractivity (Wildman–Crippen MR) is 88.3 cm³/mol. The van der Waals surface area contributed by atoms with E-state index in [1.807, 2.05) is 4.90 Å². The summed E-state index contributed by atoms with van der Waals surface area (Å²) >= 11 is 0. The van der Waals surface area contributed by atoms with Crippen molar-refractivity contribution >= 4 is 11.9 Å². The highest BCUT2D eigenvalue weighted by molar-refractivity contribution is 5.79. The van der Waals surface area contributed by atoms with E-state index in [9.17, 15) is 9.59 Å². The Morgan fingerprint density at radius 1 is 1.17 bits per heavy atom. The second-order valence-corrected chi connectivity index (χ2v) is 6.91. The van der Waals surface area contributed by atoms with Crippen LogP contribution in [0.5, 0.6) is 0 Å². The first-order valence-corrected chi connectivity index (χ1v) is 8.72. The van der Waals surface area contributed by atoms with Crippen LogP contribution in [0.1, 0.15) is 48.8 Å². The van der Waals surface area contributed by atoms with E-state index in [4.69, 9.17) is 5.11 Å². The minimum atomic E-state index is -0.744. The van der Waals surface area contributed by atoms with Crippen LogP contribution in [0.4, 0.5) is 0 Å². The third-order valence-corrected chi connectivity index (χ3v) is 5.16. The van der Waals surface area contributed by atoms with Gasteiger partial charge in [-0.2, -0.15) is 0 Å². The molecule has 1 fully saturated rings. The van der Waals surface area contributed by atoms with Crippen LogP contribution in [-0.4, -0.2) is 35.0 Å². The molecule has 1 N–H and O–H groups in total. The van der Waals surface area contributed by atoms with Gasteiger partial charge in [-0.3, -0.25) is 9.59 Å². The molecule has 1 saturated heterocycles. The van der Waals surface area contributed by atoms with Crippen LogP contribution in [0, 0.1) is 5.92 Å². The van der Waals surface area contributed by atoms with Crippen molar-refractivity contribution in [3.05, 3.63) is 34.9 Å². The maximum Gasteiger partial charge on any atom is 0.303 e. The molecule has 0 saturated carbocycles. The van der Waals surface area contributed by atoms with E-state index in [0.717, 1.165) is 37.9 Å². The largest absolute Gasteiger partial charge is 0.481 e. The van der Waals surface area contributed by atoms with Crippen molar-refractivity contribution in [1.82, 2.24) is 4.90 Å². The van der Waals surface area contributed by atoms with E-state index in [-0.39, 0.29) is 12.3 Å². The van der Waals surface area contributed by atoms with E-state index in [0.29, 0.717) is 18.8 Å². The summed E-state index contributed by atoms with van der Waals surface area (Å²) < 4.78 is 0. The minimum absolute atomic E-state index is 0.183. The van der Waals surface area contributed by atoms with Crippen molar-refractivity contribution in [3.8, 4) is 0 Å². The predicted octanol–water partition coefficient (Wildman–Crippen LogP) is 2.82. The van der Waals surface area contributed by atoms with Gasteiger partial charge in [-0.25, -0.2) is 0 Å². The third kappa shape index (κ3) is 4.12. The Labute approximate surface area is 137 Å². The molecule has 0 bridgehead atoms. The smallest absolute Gasteiger partial charge is 0.303 e. The quantitative estimate of drug-likeness (QED) is 0.909. The molecule has 2 aliphatic rings. The number of hydrogen-bond donors (Lipinski definition) is 1. The topological polar surface area (TPSA) is 57.6 Å². The Kier molecular flexibility index (Phi) is 4.99. The molecule has 1 amide bonds. The number of hydrogen-bond acceptors (Lipinski definition) is 2. The summed E-state index contributed by atoms with van der Waals surface area (Å²) in [7, 11) is 0. The van der Waals surface area contributed by atoms with Gasteiger partial charge in [0.15, 0.2) is 0 Å². The van der Waals surface area contributed by atoms with Crippen LogP contribution in [0.15, 0.2) is 18.2 Å². The molecule has 1 heterocycles. The Hall–Kier alpha value is -1.84. The molecule has 4 nitrogen and oxygen atoms in total. The van der Waals surface area contributed by atoms with Gasteiger partial charge in [-0.05, 0) is 61.1 Å². The van der Waals surface area contributed by atoms with Gasteiger partial charge in [0.2, 0.25) is 5.91 Å². The minimum Gasteiger partial charge on any atom is -0.481 e. The van der Waals surface area contributed by atoms with E-state index >= 15 is 0 Å². The zero-order chi connectivity index (χ0) is 16.2. The molecule has 0 radical (unpaired) electrons. The molecule has 124 valence electrons. The van der Waals surface area contributed by atoms with Crippen LogP contribution >= 0.6 is 0 Å². The van der Waals surface area contributed by atoms with Crippen LogP contribution in [0.3, 0.4) is 0 Å². The molecule has 1 unspecified atom stereocenters. The second kappa shape index (κ2) is 7.16. The summed E-state index contributed by atoms with van der Waals surface area (Å²) in [6.07, 6.45) is 6.91. The van der Waals surface area contributed by atoms with Gasteiger partial charge >= 0.3 is 5.97 Å². The number of likely N-dealkylation sites (tertiary alicyclic amines) is 1. The summed E-state index contributed by atoms with van der Waals surface area (Å²) in [6, 6.07) is 6.47. The molecule has 1 atom stereocenters. The third-order valence-electron chi connectivity index (χ3n) is 5.16. The molecule has 4 heteroatoms. The van der Waals surface area contributed by atoms with E-state index < -0.39 is 5.97 Å². The Morgan fingerprint density at radius 3 is 2.83 bits per heavy atom. The fourth-order valence-electron chi connectivity index (χ4n) is 3.88. The first-order chi connectivity index (χ1) is 11.1. The first-order valence-electron chi connectivity index (χ1n) is 8.72. The first kappa shape index (κ1) is 16.0. The molecule has 0 aromatic heterocycles. The number of carboxylic acid groups (broad SMARTS) is 1. The summed E-state index contributed by atoms with van der Waals surface area (Å²) in [5.41, 5.74) is 3.96. The van der Waals surface area contributed by atoms with Gasteiger partial charge in [0, 0.05) is 19.5 Å². The van der Waals surface area contributed by atoms with Gasteiger partial charge < -0.3 is 10.0 Å². The molecule has 1 aliphatic carbocycles. The van der Waals surface area contributed by atoms with Crippen molar-refractivity contribution in [3.63, 3.8) is 0 Å². The van der Waals surface area contributed by atoms with Gasteiger partial charge in [-0.1, -0.05) is 18.2 Å². The van der Waals surface area contributed by atoms with Crippen molar-refractivity contribution in [1.29, 1.82) is 0 Å². The number of benzene rings is 1. The number of carbonyl (C=O) groups excluding carboxylic acids is 1. The van der Waals surface area contributed by atoms with E-state index in [2.05, 4.69) is 18.2 Å². The van der Waals surface area contributed by atoms with E-state index in [1.165, 1.54) is 24.0 Å². The van der Waals surface area contributed by atoms with Crippen molar-refractivity contribution < 1.29 is 14.7 Å². The molecule has 1 aromatic carbocycles. The fraction of sp³-hybridized carbons (Fsp3) is 0.579. The second-order valence-electron chi connectivity index (χ2n) is 6.91. The van der Waals surface area contributed by atoms with Crippen molar-refractivity contribution in [2.45, 2.75) is 51.4 Å². The van der Waals surface area contributed by atoms with Gasteiger partial charge in [-0.15, -0.1) is 0 Å². The summed E-state index contributed by atoms with van der Waals surface area (Å²) in [5, 5.41) is 8.81. The maximum absolute atomic E-state index is 12.6. The normalized spacial score (nSPS) is 20.3. The zero-order valence-corrected chi connectivity index (χ0v) is 13.6. The monoisotopic (exact) mass is 315 g/mol. The number of carbonyl (C=O) groups is 2. The van der Waals surface area contributed by atoms with Crippen molar-refractivity contribution in [2.75, 3.05) is 13.1 Å². The zero-order valence-electron chi connectivity index (χ0n) is 13.6. The van der Waals surface area contributed by atoms with Crippen LogP contribution in [0.2, 0.25) is 0 Å². The Morgan fingerprint density at radius 2 is 2.00 bits per heavy atom. The molecule has 0 spiro atoms. The SMILES string of the molecule is O=C(O)CCC1CCCN(C(=O)Cc2ccc3c(c2)CCC3)C1. The summed E-state index contributed by atoms with van der Waals surface area (Å²) in [5.74, 6) is -0.224. The molecule has 1 aliphatic heterocycles. The maximum atomic E-state index is 12.6. The Bertz CT molecular complexity index is 596. The lowest BCUT2D eigenvalue weighted by Crippen LogP contribution is -2.40. The highest BCUT2D eigenvalue weighted by atomic mass is 16.4. The lowest BCUT2D eigenvalue weighted by molar-refractivity contribution is -0.137. The van der Waals surface area contributed by atoms with Gasteiger partial charge in [0.25, 0.3) is 0 Å². The highest BCUT2D eigenvalue weighted by Crippen LogP contribution is 2.24. The number of fused-ring (bicyclic) bond motifs is 1. The number of amides is 1. The average molecular weight is 315 g/mol. The molecular weight excluding hydrogens is 290 g/mol. The summed E-state index contributed by atoms with van der Waals surface area (Å²) in [4.78, 5) is 25.2. The molecule has 1 aromatic rings. The standard InChI is InChI=1S/C19H25NO3/c21-18(12-15-6-8-16-4-1-5-17(16)11-15)20-10-2-3-14(13-20)7-9-19(22)23/h6,8,11,14H,1-5,7,9-10,12-13H2,(H,22,23). The van der Waals surface area contributed by atoms with Crippen LogP contribution in [0.25, 0.3) is 0 Å². The number of carboxylic acids is 1. The lowest BCUT2D eigenvalue weighted by Gasteiger charge is -2.32. The molecule has 23 heavy (non-hydrogen) atoms. The number of rotatable bonds is 5. The highest BCUT2D eigenvalue weighted by Gasteiger charge is 2.24. The van der Waals surface area contributed by atoms with Crippen LogP contribution in [-0.2, 0) is 28.9 Å². The molecule has 3 rings (SSSR count).